The molecule has 1 heteroatoms. The monoisotopic (exact) mass is 226 g/mol. The van der Waals surface area contributed by atoms with Gasteiger partial charge in [-0.25, -0.2) is 0 Å². The van der Waals surface area contributed by atoms with Crippen LogP contribution in [0.4, 0.5) is 0 Å². The second-order valence-electron chi connectivity index (χ2n) is 6.57. The first-order valence-corrected chi connectivity index (χ1v) is 9.87. The van der Waals surface area contributed by atoms with E-state index in [0.717, 1.165) is 11.8 Å². The molecule has 0 aromatic heterocycles. The molecule has 0 atom stereocenters. The van der Waals surface area contributed by atoms with Crippen LogP contribution in [-0.2, 0) is 0 Å². The quantitative estimate of drug-likeness (QED) is 0.538. The maximum Gasteiger partial charge on any atom is 0.0536 e. The summed E-state index contributed by atoms with van der Waals surface area (Å²) in [4.78, 5) is 0. The molecular weight excluding hydrogens is 196 g/mol. The summed E-state index contributed by atoms with van der Waals surface area (Å²) in [7, 11) is -0.758. The molecule has 0 radical (unpaired) electrons. The third-order valence-corrected chi connectivity index (χ3v) is 9.70. The summed E-state index contributed by atoms with van der Waals surface area (Å²) in [5.41, 5.74) is 0. The van der Waals surface area contributed by atoms with E-state index in [1.54, 1.807) is 37.0 Å². The van der Waals surface area contributed by atoms with Crippen LogP contribution in [0.1, 0.15) is 53.4 Å². The van der Waals surface area contributed by atoms with E-state index in [2.05, 4.69) is 27.7 Å². The molecule has 1 rings (SSSR count). The van der Waals surface area contributed by atoms with Gasteiger partial charge in [0.05, 0.1) is 8.07 Å². The van der Waals surface area contributed by atoms with Gasteiger partial charge in [-0.15, -0.1) is 0 Å². The van der Waals surface area contributed by atoms with Crippen LogP contribution in [0, 0.1) is 11.8 Å². The highest BCUT2D eigenvalue weighted by Crippen LogP contribution is 2.39. The fourth-order valence-corrected chi connectivity index (χ4v) is 8.82. The number of hydrogen-bond donors (Lipinski definition) is 0. The molecule has 1 heterocycles. The average Bonchev–Trinajstić information content (AvgIpc) is 2.61. The van der Waals surface area contributed by atoms with Gasteiger partial charge in [0.25, 0.3) is 0 Å². The van der Waals surface area contributed by atoms with Crippen molar-refractivity contribution in [2.24, 2.45) is 11.8 Å². The van der Waals surface area contributed by atoms with Crippen molar-refractivity contribution in [3.8, 4) is 0 Å². The lowest BCUT2D eigenvalue weighted by atomic mass is 10.2. The summed E-state index contributed by atoms with van der Waals surface area (Å²) < 4.78 is 0. The molecule has 0 aromatic carbocycles. The molecule has 1 fully saturated rings. The summed E-state index contributed by atoms with van der Waals surface area (Å²) >= 11 is 0. The van der Waals surface area contributed by atoms with E-state index < -0.39 is 8.07 Å². The maximum atomic E-state index is 2.39. The second kappa shape index (κ2) is 6.08. The molecule has 15 heavy (non-hydrogen) atoms. The first kappa shape index (κ1) is 13.3. The van der Waals surface area contributed by atoms with E-state index >= 15 is 0 Å². The van der Waals surface area contributed by atoms with Gasteiger partial charge in [-0.2, -0.15) is 0 Å². The normalized spacial score (nSPS) is 20.4. The molecule has 0 bridgehead atoms. The minimum absolute atomic E-state index is 0.758. The zero-order valence-corrected chi connectivity index (χ0v) is 12.3. The van der Waals surface area contributed by atoms with Gasteiger partial charge < -0.3 is 0 Å². The lowest BCUT2D eigenvalue weighted by molar-refractivity contribution is 0.600. The minimum atomic E-state index is -0.758. The van der Waals surface area contributed by atoms with Crippen molar-refractivity contribution in [1.82, 2.24) is 0 Å². The molecule has 1 aliphatic heterocycles. The largest absolute Gasteiger partial charge is 0.0628 e. The van der Waals surface area contributed by atoms with Crippen LogP contribution in [0.15, 0.2) is 0 Å². The van der Waals surface area contributed by atoms with Crippen molar-refractivity contribution in [3.63, 3.8) is 0 Å². The van der Waals surface area contributed by atoms with Gasteiger partial charge in [-0.1, -0.05) is 77.6 Å². The molecule has 0 nitrogen and oxygen atoms in total. The fraction of sp³-hybridized carbons (Fsp3) is 1.00. The SMILES string of the molecule is CC(C)CC[Si]1(CCC(C)C)CCCC1. The molecule has 0 unspecified atom stereocenters. The van der Waals surface area contributed by atoms with E-state index in [-0.39, 0.29) is 0 Å². The average molecular weight is 226 g/mol. The highest BCUT2D eigenvalue weighted by atomic mass is 28.3. The van der Waals surface area contributed by atoms with E-state index in [0.29, 0.717) is 0 Å². The molecule has 0 amide bonds. The van der Waals surface area contributed by atoms with Crippen LogP contribution < -0.4 is 0 Å². The van der Waals surface area contributed by atoms with Crippen LogP contribution in [0.5, 0.6) is 0 Å². The van der Waals surface area contributed by atoms with Crippen molar-refractivity contribution in [3.05, 3.63) is 0 Å². The van der Waals surface area contributed by atoms with E-state index in [9.17, 15) is 0 Å². The number of hydrogen-bond acceptors (Lipinski definition) is 0. The van der Waals surface area contributed by atoms with Gasteiger partial charge in [-0.3, -0.25) is 0 Å². The first-order chi connectivity index (χ1) is 7.04. The van der Waals surface area contributed by atoms with Gasteiger partial charge in [-0.05, 0) is 11.8 Å². The molecule has 0 saturated carbocycles. The summed E-state index contributed by atoms with van der Waals surface area (Å²) in [5, 5.41) is 0. The van der Waals surface area contributed by atoms with Crippen LogP contribution in [0.3, 0.4) is 0 Å². The highest BCUT2D eigenvalue weighted by molar-refractivity contribution is 6.80. The summed E-state index contributed by atoms with van der Waals surface area (Å²) in [6, 6.07) is 6.59. The fourth-order valence-electron chi connectivity index (χ4n) is 2.94. The van der Waals surface area contributed by atoms with Crippen LogP contribution in [0.25, 0.3) is 0 Å². The Morgan fingerprint density at radius 2 is 1.20 bits per heavy atom. The molecule has 0 spiro atoms. The molecule has 0 aliphatic carbocycles. The molecule has 90 valence electrons. The van der Waals surface area contributed by atoms with Gasteiger partial charge in [0.2, 0.25) is 0 Å². The Kier molecular flexibility index (Phi) is 5.38. The summed E-state index contributed by atoms with van der Waals surface area (Å²) in [5.74, 6) is 1.85. The molecule has 1 aliphatic rings. The first-order valence-electron chi connectivity index (χ1n) is 7.04. The van der Waals surface area contributed by atoms with Crippen molar-refractivity contribution in [1.29, 1.82) is 0 Å². The predicted octanol–water partition coefficient (Wildman–Crippen LogP) is 5.32. The minimum Gasteiger partial charge on any atom is -0.0628 e. The van der Waals surface area contributed by atoms with E-state index in [1.165, 1.54) is 12.8 Å². The van der Waals surface area contributed by atoms with E-state index in [4.69, 9.17) is 0 Å². The van der Waals surface area contributed by atoms with Gasteiger partial charge in [0.15, 0.2) is 0 Å². The zero-order valence-electron chi connectivity index (χ0n) is 11.3. The Labute approximate surface area is 97.9 Å². The van der Waals surface area contributed by atoms with Crippen LogP contribution >= 0.6 is 0 Å². The third-order valence-electron chi connectivity index (χ3n) is 4.17. The van der Waals surface area contributed by atoms with Gasteiger partial charge >= 0.3 is 0 Å². The highest BCUT2D eigenvalue weighted by Gasteiger charge is 2.35. The van der Waals surface area contributed by atoms with Gasteiger partial charge in [0, 0.05) is 0 Å². The molecule has 1 saturated heterocycles. The third kappa shape index (κ3) is 4.71. The lowest BCUT2D eigenvalue weighted by Gasteiger charge is -2.28. The van der Waals surface area contributed by atoms with Crippen molar-refractivity contribution in [2.75, 3.05) is 0 Å². The van der Waals surface area contributed by atoms with Crippen molar-refractivity contribution >= 4 is 8.07 Å². The smallest absolute Gasteiger partial charge is 0.0536 e. The van der Waals surface area contributed by atoms with Crippen molar-refractivity contribution in [2.45, 2.75) is 77.6 Å². The topological polar surface area (TPSA) is 0 Å². The second-order valence-corrected chi connectivity index (χ2v) is 11.6. The van der Waals surface area contributed by atoms with E-state index in [1.807, 2.05) is 0 Å². The Hall–Kier alpha value is 0.217. The zero-order chi connectivity index (χ0) is 11.3. The van der Waals surface area contributed by atoms with Crippen LogP contribution in [0.2, 0.25) is 24.2 Å². The van der Waals surface area contributed by atoms with Crippen LogP contribution in [-0.4, -0.2) is 8.07 Å². The maximum absolute atomic E-state index is 2.39. The Morgan fingerprint density at radius 1 is 0.800 bits per heavy atom. The molecule has 0 aromatic rings. The summed E-state index contributed by atoms with van der Waals surface area (Å²) in [6.07, 6.45) is 6.12. The Bertz CT molecular complexity index is 152. The van der Waals surface area contributed by atoms with Crippen molar-refractivity contribution < 1.29 is 0 Å². The Morgan fingerprint density at radius 3 is 1.53 bits per heavy atom. The standard InChI is InChI=1S/C14H30Si/c1-13(2)7-11-15(9-5-6-10-15)12-8-14(3)4/h13-14H,5-12H2,1-4H3. The van der Waals surface area contributed by atoms with Gasteiger partial charge in [0.1, 0.15) is 0 Å². The molecule has 0 N–H and O–H groups in total. The lowest BCUT2D eigenvalue weighted by Crippen LogP contribution is -2.30. The predicted molar refractivity (Wildman–Crippen MR) is 73.1 cm³/mol. The summed E-state index contributed by atoms with van der Waals surface area (Å²) in [6.45, 7) is 9.55. The number of rotatable bonds is 6. The Balaban J connectivity index is 2.39. The molecular formula is C14H30Si.